The Morgan fingerprint density at radius 3 is 2.88 bits per heavy atom. The highest BCUT2D eigenvalue weighted by Crippen LogP contribution is 2.37. The predicted molar refractivity (Wildman–Crippen MR) is 72.0 cm³/mol. The van der Waals surface area contributed by atoms with Crippen LogP contribution in [0, 0.1) is 12.8 Å². The van der Waals surface area contributed by atoms with E-state index in [4.69, 9.17) is 0 Å². The molecule has 1 atom stereocenters. The maximum atomic E-state index is 3.71. The van der Waals surface area contributed by atoms with Crippen LogP contribution in [0.4, 0.5) is 0 Å². The summed E-state index contributed by atoms with van der Waals surface area (Å²) in [5.41, 5.74) is 1.47. The fourth-order valence-electron chi connectivity index (χ4n) is 2.19. The summed E-state index contributed by atoms with van der Waals surface area (Å²) >= 11 is 1.92. The van der Waals surface area contributed by atoms with E-state index < -0.39 is 0 Å². The normalized spacial score (nSPS) is 17.6. The van der Waals surface area contributed by atoms with Crippen molar-refractivity contribution in [3.63, 3.8) is 0 Å². The second-order valence-corrected chi connectivity index (χ2v) is 5.94. The largest absolute Gasteiger partial charge is 0.309 e. The minimum Gasteiger partial charge on any atom is -0.309 e. The molecule has 0 amide bonds. The average molecular weight is 237 g/mol. The van der Waals surface area contributed by atoms with Gasteiger partial charge in [-0.2, -0.15) is 0 Å². The molecule has 1 N–H and O–H groups in total. The van der Waals surface area contributed by atoms with Gasteiger partial charge in [-0.25, -0.2) is 0 Å². The molecule has 1 aromatic rings. The van der Waals surface area contributed by atoms with Gasteiger partial charge in [-0.3, -0.25) is 0 Å². The Morgan fingerprint density at radius 2 is 2.31 bits per heavy atom. The first-order valence-electron chi connectivity index (χ1n) is 6.58. The van der Waals surface area contributed by atoms with Crippen LogP contribution in [-0.4, -0.2) is 6.54 Å². The molecule has 90 valence electrons. The Balaban J connectivity index is 1.92. The van der Waals surface area contributed by atoms with Gasteiger partial charge in [0.15, 0.2) is 0 Å². The van der Waals surface area contributed by atoms with Gasteiger partial charge >= 0.3 is 0 Å². The van der Waals surface area contributed by atoms with E-state index in [0.717, 1.165) is 12.5 Å². The number of thiophene rings is 1. The Kier molecular flexibility index (Phi) is 4.42. The van der Waals surface area contributed by atoms with Crippen LogP contribution in [0.2, 0.25) is 0 Å². The molecule has 1 unspecified atom stereocenters. The predicted octanol–water partition coefficient (Wildman–Crippen LogP) is 4.29. The summed E-state index contributed by atoms with van der Waals surface area (Å²) in [4.78, 5) is 1.56. The fourth-order valence-corrected chi connectivity index (χ4v) is 3.23. The van der Waals surface area contributed by atoms with Gasteiger partial charge in [0.2, 0.25) is 0 Å². The molecule has 1 nitrogen and oxygen atoms in total. The topological polar surface area (TPSA) is 12.0 Å². The summed E-state index contributed by atoms with van der Waals surface area (Å²) < 4.78 is 0. The molecule has 2 rings (SSSR count). The fraction of sp³-hybridized carbons (Fsp3) is 0.714. The van der Waals surface area contributed by atoms with Crippen molar-refractivity contribution < 1.29 is 0 Å². The van der Waals surface area contributed by atoms with Crippen LogP contribution in [0.3, 0.4) is 0 Å². The van der Waals surface area contributed by atoms with Crippen molar-refractivity contribution in [2.24, 2.45) is 5.92 Å². The average Bonchev–Trinajstić information content (AvgIpc) is 3.02. The number of hydrogen-bond donors (Lipinski definition) is 1. The molecule has 1 aromatic heterocycles. The van der Waals surface area contributed by atoms with Gasteiger partial charge < -0.3 is 5.32 Å². The van der Waals surface area contributed by atoms with Crippen molar-refractivity contribution in [3.8, 4) is 0 Å². The third kappa shape index (κ3) is 3.33. The molecular formula is C14H23NS. The molecule has 0 aromatic carbocycles. The highest BCUT2D eigenvalue weighted by atomic mass is 32.1. The second kappa shape index (κ2) is 5.83. The third-order valence-corrected chi connectivity index (χ3v) is 4.55. The first-order chi connectivity index (χ1) is 7.81. The van der Waals surface area contributed by atoms with E-state index in [9.17, 15) is 0 Å². The van der Waals surface area contributed by atoms with Crippen molar-refractivity contribution in [3.05, 3.63) is 21.9 Å². The Morgan fingerprint density at radius 1 is 1.50 bits per heavy atom. The molecule has 0 aliphatic heterocycles. The SMILES string of the molecule is CCCNC(CCC1CC1)c1sccc1C. The van der Waals surface area contributed by atoms with Crippen LogP contribution >= 0.6 is 11.3 Å². The molecule has 16 heavy (non-hydrogen) atoms. The molecule has 0 spiro atoms. The van der Waals surface area contributed by atoms with E-state index in [2.05, 4.69) is 30.6 Å². The van der Waals surface area contributed by atoms with Crippen LogP contribution in [0.1, 0.15) is 55.5 Å². The molecular weight excluding hydrogens is 214 g/mol. The summed E-state index contributed by atoms with van der Waals surface area (Å²) in [6.45, 7) is 5.63. The van der Waals surface area contributed by atoms with E-state index in [1.165, 1.54) is 37.7 Å². The van der Waals surface area contributed by atoms with Gasteiger partial charge in [0, 0.05) is 10.9 Å². The number of nitrogens with one attached hydrogen (secondary N) is 1. The van der Waals surface area contributed by atoms with Crippen LogP contribution in [0.5, 0.6) is 0 Å². The minimum atomic E-state index is 0.612. The highest BCUT2D eigenvalue weighted by Gasteiger charge is 2.23. The molecule has 2 heteroatoms. The molecule has 0 bridgehead atoms. The molecule has 0 radical (unpaired) electrons. The van der Waals surface area contributed by atoms with Gasteiger partial charge in [-0.1, -0.05) is 19.8 Å². The molecule has 0 saturated heterocycles. The van der Waals surface area contributed by atoms with Gasteiger partial charge in [-0.15, -0.1) is 11.3 Å². The lowest BCUT2D eigenvalue weighted by atomic mass is 10.0. The third-order valence-electron chi connectivity index (χ3n) is 3.42. The van der Waals surface area contributed by atoms with E-state index in [1.807, 2.05) is 11.3 Å². The Bertz CT molecular complexity index is 314. The summed E-state index contributed by atoms with van der Waals surface area (Å²) in [6, 6.07) is 2.86. The maximum Gasteiger partial charge on any atom is 0.0417 e. The quantitative estimate of drug-likeness (QED) is 0.746. The molecule has 1 aliphatic carbocycles. The maximum absolute atomic E-state index is 3.71. The summed E-state index contributed by atoms with van der Waals surface area (Å²) in [6.07, 6.45) is 6.92. The zero-order chi connectivity index (χ0) is 11.4. The van der Waals surface area contributed by atoms with Crippen LogP contribution in [0.15, 0.2) is 11.4 Å². The van der Waals surface area contributed by atoms with Crippen LogP contribution in [-0.2, 0) is 0 Å². The van der Waals surface area contributed by atoms with E-state index in [-0.39, 0.29) is 0 Å². The smallest absolute Gasteiger partial charge is 0.0417 e. The summed E-state index contributed by atoms with van der Waals surface area (Å²) in [5.74, 6) is 1.05. The Hall–Kier alpha value is -0.340. The first kappa shape index (κ1) is 12.1. The lowest BCUT2D eigenvalue weighted by Gasteiger charge is -2.18. The monoisotopic (exact) mass is 237 g/mol. The number of aryl methyl sites for hydroxylation is 1. The summed E-state index contributed by atoms with van der Waals surface area (Å²) in [7, 11) is 0. The van der Waals surface area contributed by atoms with Crippen molar-refractivity contribution in [2.75, 3.05) is 6.54 Å². The van der Waals surface area contributed by atoms with E-state index in [0.29, 0.717) is 6.04 Å². The number of rotatable bonds is 7. The lowest BCUT2D eigenvalue weighted by molar-refractivity contribution is 0.474. The Labute approximate surface area is 103 Å². The van der Waals surface area contributed by atoms with Crippen molar-refractivity contribution >= 4 is 11.3 Å². The van der Waals surface area contributed by atoms with Gasteiger partial charge in [0.05, 0.1) is 0 Å². The van der Waals surface area contributed by atoms with E-state index >= 15 is 0 Å². The highest BCUT2D eigenvalue weighted by molar-refractivity contribution is 7.10. The van der Waals surface area contributed by atoms with Crippen LogP contribution in [0.25, 0.3) is 0 Å². The van der Waals surface area contributed by atoms with Gasteiger partial charge in [0.25, 0.3) is 0 Å². The van der Waals surface area contributed by atoms with Gasteiger partial charge in [0.1, 0.15) is 0 Å². The molecule has 1 heterocycles. The lowest BCUT2D eigenvalue weighted by Crippen LogP contribution is -2.22. The number of hydrogen-bond acceptors (Lipinski definition) is 2. The van der Waals surface area contributed by atoms with Crippen molar-refractivity contribution in [2.45, 2.75) is 52.0 Å². The zero-order valence-electron chi connectivity index (χ0n) is 10.5. The van der Waals surface area contributed by atoms with Gasteiger partial charge in [-0.05, 0) is 55.7 Å². The van der Waals surface area contributed by atoms with E-state index in [1.54, 1.807) is 4.88 Å². The molecule has 1 saturated carbocycles. The minimum absolute atomic E-state index is 0.612. The standard InChI is InChI=1S/C14H23NS/c1-3-9-15-13(7-6-12-4-5-12)14-11(2)8-10-16-14/h8,10,12-13,15H,3-7,9H2,1-2H3. The van der Waals surface area contributed by atoms with Crippen molar-refractivity contribution in [1.29, 1.82) is 0 Å². The van der Waals surface area contributed by atoms with Crippen LogP contribution < -0.4 is 5.32 Å². The second-order valence-electron chi connectivity index (χ2n) is 5.00. The van der Waals surface area contributed by atoms with Crippen molar-refractivity contribution in [1.82, 2.24) is 5.32 Å². The summed E-state index contributed by atoms with van der Waals surface area (Å²) in [5, 5.41) is 5.93. The molecule has 1 aliphatic rings. The zero-order valence-corrected chi connectivity index (χ0v) is 11.3. The molecule has 1 fully saturated rings. The first-order valence-corrected chi connectivity index (χ1v) is 7.46.